The summed E-state index contributed by atoms with van der Waals surface area (Å²) in [6, 6.07) is 43.1. The molecule has 7 heteroatoms. The van der Waals surface area contributed by atoms with Crippen LogP contribution in [0.1, 0.15) is 49.1 Å². The molecule has 0 saturated heterocycles. The Kier molecular flexibility index (Phi) is 8.66. The molecule has 5 nitrogen and oxygen atoms in total. The predicted octanol–water partition coefficient (Wildman–Crippen LogP) is 11.5. The smallest absolute Gasteiger partial charge is 0.144 e. The Labute approximate surface area is 306 Å². The Morgan fingerprint density at radius 1 is 0.740 bits per heavy atom. The van der Waals surface area contributed by atoms with E-state index in [0.29, 0.717) is 23.1 Å². The van der Waals surface area contributed by atoms with Gasteiger partial charge in [0.2, 0.25) is 0 Å². The molecule has 3 heterocycles. The zero-order chi connectivity index (χ0) is 32.9. The van der Waals surface area contributed by atoms with E-state index in [4.69, 9.17) is 9.72 Å². The van der Waals surface area contributed by atoms with Crippen molar-refractivity contribution < 1.29 is 30.2 Å². The Balaban J connectivity index is 0.00000361. The molecule has 0 radical (unpaired) electrons. The van der Waals surface area contributed by atoms with Crippen LogP contribution in [0.15, 0.2) is 115 Å². The van der Waals surface area contributed by atoms with Crippen LogP contribution in [-0.2, 0) is 21.1 Å². The molecule has 252 valence electrons. The summed E-state index contributed by atoms with van der Waals surface area (Å²) in [5.41, 5.74) is 7.56. The fourth-order valence-electron chi connectivity index (χ4n) is 7.48. The number of nitrogens with zero attached hydrogens (tertiary/aromatic N) is 4. The van der Waals surface area contributed by atoms with E-state index in [1.165, 1.54) is 30.9 Å². The maximum absolute atomic E-state index is 15.1. The zero-order valence-electron chi connectivity index (χ0n) is 27.6. The third kappa shape index (κ3) is 5.76. The van der Waals surface area contributed by atoms with Crippen molar-refractivity contribution in [2.24, 2.45) is 0 Å². The van der Waals surface area contributed by atoms with E-state index in [1.807, 2.05) is 54.2 Å². The minimum atomic E-state index is -0.274. The van der Waals surface area contributed by atoms with Gasteiger partial charge in [0.1, 0.15) is 11.6 Å². The fraction of sp³-hybridized carbons (Fsp3) is 0.163. The third-order valence-corrected chi connectivity index (χ3v) is 9.84. The Morgan fingerprint density at radius 3 is 2.28 bits per heavy atom. The number of para-hydroxylation sites is 4. The number of pyridine rings is 1. The number of halogens is 1. The largest absolute Gasteiger partial charge is 0.509 e. The molecule has 7 aromatic rings. The van der Waals surface area contributed by atoms with E-state index in [1.54, 1.807) is 12.1 Å². The Morgan fingerprint density at radius 2 is 1.48 bits per heavy atom. The number of hydrogen-bond donors (Lipinski definition) is 0. The SMILES string of the molecule is Cc1ccnc(-n2c3[c-]c(Oc4[c-]c(N5[CH-]N(c6ccccc6F)c6ccccc65)cc(C5CCCCC5)c4)ccc3c3ccccc32)c1.[Pt]. The standard InChI is InChI=1S/C43H34FN4O.Pt/c1-29-21-22-45-43(23-29)48-38-15-7-5-13-35(38)36-20-19-33(27-42(36)48)49-34-25-31(30-11-3-2-4-12-30)24-32(26-34)46-28-47(39-16-8-6-14-37(39)44)41-18-10-9-17-40(41)46;/h5-10,13-25,28,30H,2-4,11-12H2,1H3;/q-3;. The van der Waals surface area contributed by atoms with Crippen molar-refractivity contribution in [3.05, 3.63) is 151 Å². The van der Waals surface area contributed by atoms with E-state index in [2.05, 4.69) is 83.1 Å². The summed E-state index contributed by atoms with van der Waals surface area (Å²) < 4.78 is 23.9. The molecule has 1 aliphatic carbocycles. The molecule has 0 atom stereocenters. The molecule has 2 aliphatic rings. The van der Waals surface area contributed by atoms with Gasteiger partial charge in [-0.3, -0.25) is 0 Å². The Hall–Kier alpha value is -4.93. The molecule has 1 fully saturated rings. The van der Waals surface area contributed by atoms with Crippen molar-refractivity contribution in [1.82, 2.24) is 9.55 Å². The number of anilines is 4. The van der Waals surface area contributed by atoms with Crippen molar-refractivity contribution in [2.45, 2.75) is 44.9 Å². The topological polar surface area (TPSA) is 33.5 Å². The van der Waals surface area contributed by atoms with Gasteiger partial charge in [-0.25, -0.2) is 9.37 Å². The van der Waals surface area contributed by atoms with Gasteiger partial charge in [0.05, 0.1) is 0 Å². The van der Waals surface area contributed by atoms with Crippen molar-refractivity contribution in [1.29, 1.82) is 0 Å². The summed E-state index contributed by atoms with van der Waals surface area (Å²) in [7, 11) is 0. The van der Waals surface area contributed by atoms with Crippen LogP contribution in [0, 0.1) is 31.5 Å². The zero-order valence-corrected chi connectivity index (χ0v) is 29.8. The molecular formula is C43H34FN4OPt-3. The molecule has 0 unspecified atom stereocenters. The monoisotopic (exact) mass is 836 g/mol. The maximum atomic E-state index is 15.1. The van der Waals surface area contributed by atoms with E-state index in [9.17, 15) is 0 Å². The van der Waals surface area contributed by atoms with Crippen LogP contribution in [0.2, 0.25) is 0 Å². The first-order valence-electron chi connectivity index (χ1n) is 17.0. The maximum Gasteiger partial charge on any atom is 0.144 e. The van der Waals surface area contributed by atoms with Crippen molar-refractivity contribution in [2.75, 3.05) is 9.80 Å². The van der Waals surface area contributed by atoms with Crippen LogP contribution in [0.4, 0.5) is 27.1 Å². The van der Waals surface area contributed by atoms with Gasteiger partial charge >= 0.3 is 0 Å². The van der Waals surface area contributed by atoms with Gasteiger partial charge in [-0.1, -0.05) is 67.2 Å². The first kappa shape index (κ1) is 32.3. The van der Waals surface area contributed by atoms with Crippen LogP contribution in [0.25, 0.3) is 27.6 Å². The van der Waals surface area contributed by atoms with E-state index < -0.39 is 0 Å². The molecule has 50 heavy (non-hydrogen) atoms. The number of hydrogen-bond acceptors (Lipinski definition) is 4. The first-order chi connectivity index (χ1) is 24.1. The number of fused-ring (bicyclic) bond motifs is 4. The van der Waals surface area contributed by atoms with Gasteiger partial charge in [-0.15, -0.1) is 53.6 Å². The summed E-state index contributed by atoms with van der Waals surface area (Å²) in [6.45, 7) is 4.03. The van der Waals surface area contributed by atoms with Crippen LogP contribution in [0.3, 0.4) is 0 Å². The van der Waals surface area contributed by atoms with Gasteiger partial charge < -0.3 is 19.1 Å². The predicted molar refractivity (Wildman–Crippen MR) is 195 cm³/mol. The molecular weight excluding hydrogens is 803 g/mol. The van der Waals surface area contributed by atoms with Gasteiger partial charge in [-0.05, 0) is 79.1 Å². The molecule has 0 N–H and O–H groups in total. The summed E-state index contributed by atoms with van der Waals surface area (Å²) in [5, 5.41) is 2.22. The van der Waals surface area contributed by atoms with Gasteiger partial charge in [0, 0.05) is 61.3 Å². The molecule has 9 rings (SSSR count). The normalized spacial score (nSPS) is 14.6. The number of benzene rings is 5. The van der Waals surface area contributed by atoms with Crippen molar-refractivity contribution in [3.8, 4) is 17.3 Å². The van der Waals surface area contributed by atoms with E-state index in [-0.39, 0.29) is 26.9 Å². The quantitative estimate of drug-likeness (QED) is 0.156. The number of aryl methyl sites for hydroxylation is 1. The number of rotatable bonds is 6. The molecule has 1 saturated carbocycles. The third-order valence-electron chi connectivity index (χ3n) is 9.84. The fourth-order valence-corrected chi connectivity index (χ4v) is 7.48. The van der Waals surface area contributed by atoms with Gasteiger partial charge in [0.15, 0.2) is 0 Å². The second-order valence-electron chi connectivity index (χ2n) is 13.0. The minimum absolute atomic E-state index is 0. The molecule has 1 aliphatic heterocycles. The van der Waals surface area contributed by atoms with Crippen LogP contribution < -0.4 is 14.5 Å². The number of ether oxygens (including phenoxy) is 1. The summed E-state index contributed by atoms with van der Waals surface area (Å²) >= 11 is 0. The summed E-state index contributed by atoms with van der Waals surface area (Å²) in [5.74, 6) is 2.23. The second-order valence-corrected chi connectivity index (χ2v) is 13.0. The molecule has 0 bridgehead atoms. The number of aromatic nitrogens is 2. The second kappa shape index (κ2) is 13.4. The average Bonchev–Trinajstić information content (AvgIpc) is 3.68. The van der Waals surface area contributed by atoms with Crippen molar-refractivity contribution in [3.63, 3.8) is 0 Å². The Bertz CT molecular complexity index is 2350. The molecule has 0 amide bonds. The minimum Gasteiger partial charge on any atom is -0.509 e. The van der Waals surface area contributed by atoms with Crippen LogP contribution in [-0.4, -0.2) is 9.55 Å². The van der Waals surface area contributed by atoms with Crippen LogP contribution in [0.5, 0.6) is 11.5 Å². The van der Waals surface area contributed by atoms with Gasteiger partial charge in [0.25, 0.3) is 0 Å². The molecule has 0 spiro atoms. The average molecular weight is 837 g/mol. The summed E-state index contributed by atoms with van der Waals surface area (Å²) in [4.78, 5) is 8.73. The molecule has 2 aromatic heterocycles. The first-order valence-corrected chi connectivity index (χ1v) is 17.0. The van der Waals surface area contributed by atoms with Crippen molar-refractivity contribution >= 4 is 44.6 Å². The van der Waals surface area contributed by atoms with Crippen LogP contribution >= 0.6 is 0 Å². The van der Waals surface area contributed by atoms with Gasteiger partial charge in [-0.2, -0.15) is 6.07 Å². The summed E-state index contributed by atoms with van der Waals surface area (Å²) in [6.07, 6.45) is 7.85. The van der Waals surface area contributed by atoms with E-state index >= 15 is 4.39 Å². The van der Waals surface area contributed by atoms with E-state index in [0.717, 1.165) is 63.1 Å². The molecule has 5 aromatic carbocycles.